The Morgan fingerprint density at radius 3 is 2.15 bits per heavy atom. The minimum Gasteiger partial charge on any atom is -0.390 e. The van der Waals surface area contributed by atoms with Crippen molar-refractivity contribution in [3.05, 3.63) is 62.8 Å². The lowest BCUT2D eigenvalue weighted by Crippen LogP contribution is -2.11. The predicted molar refractivity (Wildman–Crippen MR) is 80.6 cm³/mol. The number of halogens is 6. The van der Waals surface area contributed by atoms with Gasteiger partial charge in [0.2, 0.25) is 45.9 Å². The highest BCUT2D eigenvalue weighted by molar-refractivity contribution is 7.80. The molecule has 1 heterocycles. The van der Waals surface area contributed by atoms with E-state index in [4.69, 9.17) is 11.6 Å². The van der Waals surface area contributed by atoms with Gasteiger partial charge in [-0.05, 0) is 18.2 Å². The molecule has 1 aromatic heterocycles. The maximum atomic E-state index is 13.6. The fraction of sp³-hybridized carbons (Fsp3) is 0. The minimum absolute atomic E-state index is 0.0717. The summed E-state index contributed by atoms with van der Waals surface area (Å²) in [4.78, 5) is 11.4. The number of fused-ring (bicyclic) bond motifs is 1. The van der Waals surface area contributed by atoms with E-state index in [1.54, 1.807) is 0 Å². The Hall–Kier alpha value is -2.53. The molecular weight excluding hydrogens is 407 g/mol. The molecule has 0 aliphatic carbocycles. The Morgan fingerprint density at radius 1 is 0.962 bits per heavy atom. The van der Waals surface area contributed by atoms with Gasteiger partial charge in [0.05, 0.1) is 10.3 Å². The Labute approximate surface area is 148 Å². The first kappa shape index (κ1) is 18.3. The van der Waals surface area contributed by atoms with Crippen molar-refractivity contribution in [2.24, 2.45) is 0 Å². The average Bonchev–Trinajstić information content (AvgIpc) is 2.64. The van der Waals surface area contributed by atoms with Gasteiger partial charge in [0.25, 0.3) is 5.56 Å². The van der Waals surface area contributed by atoms with Crippen LogP contribution in [-0.2, 0) is 11.1 Å². The van der Waals surface area contributed by atoms with E-state index in [0.717, 1.165) is 12.1 Å². The molecule has 0 saturated carbocycles. The van der Waals surface area contributed by atoms with Gasteiger partial charge in [0.1, 0.15) is 0 Å². The Bertz CT molecular complexity index is 1110. The fourth-order valence-corrected chi connectivity index (χ4v) is 2.99. The molecule has 0 saturated heterocycles. The standard InChI is InChI=1S/C14H4ClF5N2O3S/c15-13-5-2-1-4(3-6(5)14(23)22-21-13)26(24)25-12-10(19)8(17)7(16)9(18)11(12)20/h1-3H,(H,22,23). The number of H-pyrrole nitrogens is 1. The van der Waals surface area contributed by atoms with Crippen molar-refractivity contribution in [1.82, 2.24) is 10.2 Å². The molecule has 0 aliphatic heterocycles. The summed E-state index contributed by atoms with van der Waals surface area (Å²) in [6, 6.07) is 3.37. The molecule has 12 heteroatoms. The third-order valence-electron chi connectivity index (χ3n) is 3.23. The van der Waals surface area contributed by atoms with Crippen molar-refractivity contribution in [2.45, 2.75) is 4.90 Å². The van der Waals surface area contributed by atoms with E-state index < -0.39 is 51.5 Å². The van der Waals surface area contributed by atoms with Crippen molar-refractivity contribution >= 4 is 33.5 Å². The first-order valence-corrected chi connectivity index (χ1v) is 7.97. The number of nitrogens with zero attached hydrogens (tertiary/aromatic N) is 1. The van der Waals surface area contributed by atoms with E-state index in [1.165, 1.54) is 6.07 Å². The molecule has 3 aromatic rings. The van der Waals surface area contributed by atoms with Crippen molar-refractivity contribution in [3.8, 4) is 5.75 Å². The number of benzene rings is 2. The van der Waals surface area contributed by atoms with Crippen LogP contribution in [0.4, 0.5) is 22.0 Å². The second-order valence-electron chi connectivity index (χ2n) is 4.77. The van der Waals surface area contributed by atoms with Gasteiger partial charge in [-0.15, -0.1) is 0 Å². The molecule has 0 amide bonds. The second-order valence-corrected chi connectivity index (χ2v) is 6.23. The van der Waals surface area contributed by atoms with Crippen molar-refractivity contribution < 1.29 is 30.3 Å². The number of nitrogens with one attached hydrogen (secondary N) is 1. The topological polar surface area (TPSA) is 72.0 Å². The molecule has 0 spiro atoms. The average molecular weight is 411 g/mol. The maximum Gasteiger partial charge on any atom is 0.272 e. The van der Waals surface area contributed by atoms with Gasteiger partial charge in [-0.25, -0.2) is 22.5 Å². The van der Waals surface area contributed by atoms with E-state index in [0.29, 0.717) is 0 Å². The first-order chi connectivity index (χ1) is 12.2. The highest BCUT2D eigenvalue weighted by atomic mass is 35.5. The van der Waals surface area contributed by atoms with Gasteiger partial charge < -0.3 is 4.18 Å². The molecule has 1 atom stereocenters. The summed E-state index contributed by atoms with van der Waals surface area (Å²) in [5, 5.41) is 5.61. The second kappa shape index (κ2) is 6.65. The van der Waals surface area contributed by atoms with E-state index in [2.05, 4.69) is 14.4 Å². The lowest BCUT2D eigenvalue weighted by Gasteiger charge is -2.09. The first-order valence-electron chi connectivity index (χ1n) is 6.51. The van der Waals surface area contributed by atoms with Crippen LogP contribution in [0.2, 0.25) is 5.15 Å². The molecule has 0 radical (unpaired) electrons. The summed E-state index contributed by atoms with van der Waals surface area (Å²) in [7, 11) is 0. The van der Waals surface area contributed by atoms with Gasteiger partial charge in [0.15, 0.2) is 5.15 Å². The summed E-state index contributed by atoms with van der Waals surface area (Å²) in [5.41, 5.74) is -0.709. The fourth-order valence-electron chi connectivity index (χ4n) is 2.00. The highest BCUT2D eigenvalue weighted by Crippen LogP contribution is 2.31. The van der Waals surface area contributed by atoms with E-state index >= 15 is 0 Å². The summed E-state index contributed by atoms with van der Waals surface area (Å²) in [6.07, 6.45) is 0. The number of hydrogen-bond donors (Lipinski definition) is 1. The minimum atomic E-state index is -2.70. The highest BCUT2D eigenvalue weighted by Gasteiger charge is 2.28. The van der Waals surface area contributed by atoms with E-state index in [1.807, 2.05) is 0 Å². The van der Waals surface area contributed by atoms with Crippen molar-refractivity contribution in [2.75, 3.05) is 0 Å². The SMILES string of the molecule is O=c1[nH]nc(Cl)c2ccc(S(=O)Oc3c(F)c(F)c(F)c(F)c3F)cc12. The van der Waals surface area contributed by atoms with E-state index in [9.17, 15) is 31.0 Å². The van der Waals surface area contributed by atoms with Crippen LogP contribution < -0.4 is 9.74 Å². The number of aromatic amines is 1. The molecule has 3 rings (SSSR count). The summed E-state index contributed by atoms with van der Waals surface area (Å²) < 4.78 is 83.0. The van der Waals surface area contributed by atoms with Gasteiger partial charge in [-0.2, -0.15) is 13.9 Å². The monoisotopic (exact) mass is 410 g/mol. The zero-order valence-electron chi connectivity index (χ0n) is 12.1. The molecule has 2 aromatic carbocycles. The summed E-state index contributed by atoms with van der Waals surface area (Å²) >= 11 is 3.07. The normalized spacial score (nSPS) is 12.4. The number of rotatable bonds is 3. The van der Waals surface area contributed by atoms with Crippen LogP contribution in [0.3, 0.4) is 0 Å². The largest absolute Gasteiger partial charge is 0.390 e. The lowest BCUT2D eigenvalue weighted by molar-refractivity contribution is 0.352. The number of hydrogen-bond acceptors (Lipinski definition) is 4. The van der Waals surface area contributed by atoms with Crippen LogP contribution in [0.1, 0.15) is 0 Å². The van der Waals surface area contributed by atoms with Crippen molar-refractivity contribution in [3.63, 3.8) is 0 Å². The van der Waals surface area contributed by atoms with E-state index in [-0.39, 0.29) is 20.8 Å². The smallest absolute Gasteiger partial charge is 0.272 e. The van der Waals surface area contributed by atoms with Crippen LogP contribution in [0.5, 0.6) is 5.75 Å². The molecule has 0 fully saturated rings. The summed E-state index contributed by atoms with van der Waals surface area (Å²) in [6.45, 7) is 0. The maximum absolute atomic E-state index is 13.6. The lowest BCUT2D eigenvalue weighted by atomic mass is 10.2. The van der Waals surface area contributed by atoms with Crippen molar-refractivity contribution in [1.29, 1.82) is 0 Å². The van der Waals surface area contributed by atoms with Crippen LogP contribution in [-0.4, -0.2) is 14.4 Å². The molecular formula is C14H4ClF5N2O3S. The molecule has 26 heavy (non-hydrogen) atoms. The Kier molecular flexibility index (Phi) is 4.67. The third kappa shape index (κ3) is 2.92. The number of aromatic nitrogens is 2. The molecule has 1 unspecified atom stereocenters. The van der Waals surface area contributed by atoms with Crippen LogP contribution in [0.15, 0.2) is 27.9 Å². The van der Waals surface area contributed by atoms with Gasteiger partial charge in [-0.1, -0.05) is 11.6 Å². The van der Waals surface area contributed by atoms with Gasteiger partial charge in [0, 0.05) is 5.39 Å². The molecule has 0 bridgehead atoms. The summed E-state index contributed by atoms with van der Waals surface area (Å²) in [5.74, 6) is -13.1. The Morgan fingerprint density at radius 2 is 1.54 bits per heavy atom. The Balaban J connectivity index is 2.06. The van der Waals surface area contributed by atoms with Crippen LogP contribution in [0, 0.1) is 29.1 Å². The third-order valence-corrected chi connectivity index (χ3v) is 4.48. The van der Waals surface area contributed by atoms with Crippen LogP contribution >= 0.6 is 11.6 Å². The van der Waals surface area contributed by atoms with Gasteiger partial charge in [-0.3, -0.25) is 4.79 Å². The quantitative estimate of drug-likeness (QED) is 0.408. The molecule has 1 N–H and O–H groups in total. The zero-order chi connectivity index (χ0) is 19.2. The molecule has 5 nitrogen and oxygen atoms in total. The van der Waals surface area contributed by atoms with Gasteiger partial charge >= 0.3 is 0 Å². The molecule has 136 valence electrons. The van der Waals surface area contributed by atoms with Crippen LogP contribution in [0.25, 0.3) is 10.8 Å². The predicted octanol–water partition coefficient (Wildman–Crippen LogP) is 3.37. The zero-order valence-corrected chi connectivity index (χ0v) is 13.7. The molecule has 0 aliphatic rings.